The molecule has 0 spiro atoms. The third kappa shape index (κ3) is 12.9. The molecule has 0 aliphatic carbocycles. The fraction of sp³-hybridized carbons (Fsp3) is 1.00. The molecule has 0 amide bonds. The zero-order chi connectivity index (χ0) is 14.0. The molecule has 0 bridgehead atoms. The molecular formula is C14H31AlO3. The molecule has 0 unspecified atom stereocenters. The summed E-state index contributed by atoms with van der Waals surface area (Å²) in [5.74, 6) is 0.807. The lowest BCUT2D eigenvalue weighted by Gasteiger charge is -2.18. The van der Waals surface area contributed by atoms with Crippen molar-refractivity contribution >= 4 is 15.1 Å². The molecule has 0 N–H and O–H groups in total. The largest absolute Gasteiger partial charge is 0.905 e. The van der Waals surface area contributed by atoms with E-state index in [1.165, 1.54) is 19.3 Å². The second-order valence-corrected chi connectivity index (χ2v) is 7.23. The van der Waals surface area contributed by atoms with Gasteiger partial charge in [-0.25, -0.2) is 0 Å². The van der Waals surface area contributed by atoms with Crippen LogP contribution in [-0.4, -0.2) is 34.0 Å². The summed E-state index contributed by atoms with van der Waals surface area (Å²) in [5, 5.41) is 0. The van der Waals surface area contributed by atoms with E-state index in [-0.39, 0.29) is 12.2 Å². The topological polar surface area (TPSA) is 27.7 Å². The highest BCUT2D eigenvalue weighted by atomic mass is 27.3. The third-order valence-electron chi connectivity index (χ3n) is 2.45. The van der Waals surface area contributed by atoms with Crippen LogP contribution in [0.4, 0.5) is 0 Å². The first-order valence-electron chi connectivity index (χ1n) is 7.34. The highest BCUT2D eigenvalue weighted by Gasteiger charge is 2.33. The standard InChI is InChI=1S/C8H17O.2C3H7O.Al/c1-8(2)6-4-3-5-7-9;2*1-3(2)4;/h8H,3-7H2,1-2H3;2*3H,1-2H3;/q3*-1;+3. The maximum absolute atomic E-state index is 5.77. The molecule has 0 aromatic rings. The molecule has 0 radical (unpaired) electrons. The van der Waals surface area contributed by atoms with Crippen LogP contribution in [0.2, 0.25) is 0 Å². The van der Waals surface area contributed by atoms with Crippen LogP contribution in [0.1, 0.15) is 67.2 Å². The molecule has 0 heterocycles. The smallest absolute Gasteiger partial charge is 0.454 e. The Morgan fingerprint density at radius 3 is 1.78 bits per heavy atom. The molecular weight excluding hydrogens is 243 g/mol. The molecule has 0 aromatic heterocycles. The fourth-order valence-corrected chi connectivity index (χ4v) is 3.04. The minimum absolute atomic E-state index is 0.182. The van der Waals surface area contributed by atoms with Gasteiger partial charge in [-0.1, -0.05) is 33.1 Å². The molecule has 0 aliphatic heterocycles. The van der Waals surface area contributed by atoms with Gasteiger partial charge in [-0.05, 0) is 40.0 Å². The maximum atomic E-state index is 5.77. The van der Waals surface area contributed by atoms with E-state index in [0.29, 0.717) is 0 Å². The van der Waals surface area contributed by atoms with Crippen molar-refractivity contribution in [2.75, 3.05) is 6.61 Å². The van der Waals surface area contributed by atoms with Gasteiger partial charge >= 0.3 is 15.1 Å². The Balaban J connectivity index is 3.62. The minimum Gasteiger partial charge on any atom is -0.454 e. The van der Waals surface area contributed by atoms with E-state index >= 15 is 0 Å². The lowest BCUT2D eigenvalue weighted by molar-refractivity contribution is 0.0494. The van der Waals surface area contributed by atoms with Gasteiger partial charge < -0.3 is 11.4 Å². The highest BCUT2D eigenvalue weighted by Crippen LogP contribution is 2.09. The van der Waals surface area contributed by atoms with Crippen LogP contribution in [-0.2, 0) is 11.4 Å². The zero-order valence-corrected chi connectivity index (χ0v) is 14.2. The molecule has 0 aliphatic rings. The van der Waals surface area contributed by atoms with Crippen molar-refractivity contribution in [3.05, 3.63) is 0 Å². The van der Waals surface area contributed by atoms with Crippen LogP contribution in [0, 0.1) is 5.92 Å². The second kappa shape index (κ2) is 11.3. The van der Waals surface area contributed by atoms with Gasteiger partial charge in [0.1, 0.15) is 0 Å². The summed E-state index contributed by atoms with van der Waals surface area (Å²) in [6.45, 7) is 13.4. The second-order valence-electron chi connectivity index (χ2n) is 5.77. The SMILES string of the molecule is CC(C)CCCCC[O][Al]([O]C(C)C)[O]C(C)C. The van der Waals surface area contributed by atoms with Crippen LogP contribution in [0.25, 0.3) is 0 Å². The monoisotopic (exact) mass is 274 g/mol. The molecule has 0 fully saturated rings. The van der Waals surface area contributed by atoms with E-state index in [1.54, 1.807) is 0 Å². The van der Waals surface area contributed by atoms with Crippen molar-refractivity contribution in [2.45, 2.75) is 79.4 Å². The Labute approximate surface area is 119 Å². The predicted molar refractivity (Wildman–Crippen MR) is 77.5 cm³/mol. The summed E-state index contributed by atoms with van der Waals surface area (Å²) < 4.78 is 17.2. The van der Waals surface area contributed by atoms with Gasteiger partial charge in [-0.3, -0.25) is 0 Å². The Morgan fingerprint density at radius 1 is 0.778 bits per heavy atom. The number of hydrogen-bond acceptors (Lipinski definition) is 3. The first-order chi connectivity index (χ1) is 8.41. The lowest BCUT2D eigenvalue weighted by Crippen LogP contribution is -2.33. The summed E-state index contributed by atoms with van der Waals surface area (Å²) in [4.78, 5) is 0. The van der Waals surface area contributed by atoms with Gasteiger partial charge in [0, 0.05) is 18.8 Å². The number of hydrogen-bond donors (Lipinski definition) is 0. The third-order valence-corrected chi connectivity index (χ3v) is 4.49. The Morgan fingerprint density at radius 2 is 1.33 bits per heavy atom. The minimum atomic E-state index is -1.92. The van der Waals surface area contributed by atoms with Gasteiger partial charge in [0.2, 0.25) is 0 Å². The first kappa shape index (κ1) is 18.4. The molecule has 0 saturated heterocycles. The van der Waals surface area contributed by atoms with Crippen molar-refractivity contribution in [2.24, 2.45) is 5.92 Å². The average molecular weight is 274 g/mol. The summed E-state index contributed by atoms with van der Waals surface area (Å²) in [5.41, 5.74) is 0. The summed E-state index contributed by atoms with van der Waals surface area (Å²) in [6, 6.07) is 0. The highest BCUT2D eigenvalue weighted by molar-refractivity contribution is 6.36. The van der Waals surface area contributed by atoms with E-state index < -0.39 is 15.1 Å². The fourth-order valence-electron chi connectivity index (χ4n) is 1.57. The lowest BCUT2D eigenvalue weighted by atomic mass is 10.1. The van der Waals surface area contributed by atoms with Gasteiger partial charge in [0.15, 0.2) is 0 Å². The van der Waals surface area contributed by atoms with Gasteiger partial charge in [0.25, 0.3) is 0 Å². The van der Waals surface area contributed by atoms with Crippen molar-refractivity contribution in [3.8, 4) is 0 Å². The van der Waals surface area contributed by atoms with Crippen molar-refractivity contribution in [3.63, 3.8) is 0 Å². The van der Waals surface area contributed by atoms with Gasteiger partial charge in [-0.2, -0.15) is 0 Å². The quantitative estimate of drug-likeness (QED) is 0.420. The number of unbranched alkanes of at least 4 members (excludes halogenated alkanes) is 2. The molecule has 4 heteroatoms. The van der Waals surface area contributed by atoms with E-state index in [0.717, 1.165) is 18.9 Å². The van der Waals surface area contributed by atoms with Gasteiger partial charge in [-0.15, -0.1) is 0 Å². The van der Waals surface area contributed by atoms with E-state index in [2.05, 4.69) is 13.8 Å². The average Bonchev–Trinajstić information content (AvgIpc) is 2.20. The summed E-state index contributed by atoms with van der Waals surface area (Å²) >= 11 is -1.92. The zero-order valence-electron chi connectivity index (χ0n) is 13.1. The first-order valence-corrected chi connectivity index (χ1v) is 8.75. The van der Waals surface area contributed by atoms with Gasteiger partial charge in [0.05, 0.1) is 0 Å². The molecule has 0 rings (SSSR count). The van der Waals surface area contributed by atoms with E-state index in [1.807, 2.05) is 27.7 Å². The van der Waals surface area contributed by atoms with Crippen LogP contribution in [0.5, 0.6) is 0 Å². The summed E-state index contributed by atoms with van der Waals surface area (Å²) in [7, 11) is 0. The van der Waals surface area contributed by atoms with Crippen molar-refractivity contribution < 1.29 is 11.4 Å². The maximum Gasteiger partial charge on any atom is 0.905 e. The molecule has 0 saturated carbocycles. The Kier molecular flexibility index (Phi) is 11.5. The van der Waals surface area contributed by atoms with Crippen LogP contribution in [0.3, 0.4) is 0 Å². The normalized spacial score (nSPS) is 11.8. The molecule has 108 valence electrons. The van der Waals surface area contributed by atoms with Crippen molar-refractivity contribution in [1.82, 2.24) is 0 Å². The molecule has 3 nitrogen and oxygen atoms in total. The van der Waals surface area contributed by atoms with Crippen LogP contribution < -0.4 is 0 Å². The Bertz CT molecular complexity index is 174. The van der Waals surface area contributed by atoms with E-state index in [9.17, 15) is 0 Å². The summed E-state index contributed by atoms with van der Waals surface area (Å²) in [6.07, 6.45) is 5.32. The number of rotatable bonds is 11. The van der Waals surface area contributed by atoms with Crippen LogP contribution >= 0.6 is 0 Å². The van der Waals surface area contributed by atoms with Crippen LogP contribution in [0.15, 0.2) is 0 Å². The Hall–Kier alpha value is 0.412. The molecule has 0 atom stereocenters. The molecule has 18 heavy (non-hydrogen) atoms. The molecule has 0 aromatic carbocycles. The predicted octanol–water partition coefficient (Wildman–Crippen LogP) is 4.05. The van der Waals surface area contributed by atoms with Crippen molar-refractivity contribution in [1.29, 1.82) is 0 Å². The van der Waals surface area contributed by atoms with E-state index in [4.69, 9.17) is 11.4 Å².